The molecule has 2 N–H and O–H groups in total. The Hall–Kier alpha value is -1.09. The Kier molecular flexibility index (Phi) is 5.60. The maximum Gasteiger partial charge on any atom is 0.128 e. The van der Waals surface area contributed by atoms with Crippen molar-refractivity contribution in [3.63, 3.8) is 0 Å². The van der Waals surface area contributed by atoms with Crippen molar-refractivity contribution in [3.05, 3.63) is 23.0 Å². The van der Waals surface area contributed by atoms with E-state index in [1.807, 2.05) is 13.1 Å². The lowest BCUT2D eigenvalue weighted by molar-refractivity contribution is 0.400. The zero-order valence-corrected chi connectivity index (χ0v) is 12.3. The van der Waals surface area contributed by atoms with Crippen LogP contribution in [0.15, 0.2) is 6.20 Å². The summed E-state index contributed by atoms with van der Waals surface area (Å²) in [5.41, 5.74) is 9.52. The minimum absolute atomic E-state index is 0.170. The Morgan fingerprint density at radius 2 is 2.06 bits per heavy atom. The predicted molar refractivity (Wildman–Crippen MR) is 76.0 cm³/mol. The fraction of sp³-hybridized carbons (Fsp3) is 0.667. The molecule has 0 saturated carbocycles. The van der Waals surface area contributed by atoms with Gasteiger partial charge in [-0.3, -0.25) is 4.98 Å². The fourth-order valence-corrected chi connectivity index (χ4v) is 2.37. The molecular weight excluding hydrogens is 224 g/mol. The molecule has 0 fully saturated rings. The highest BCUT2D eigenvalue weighted by molar-refractivity contribution is 5.41. The number of pyridine rings is 1. The number of ether oxygens (including phenoxy) is 1. The Balaban J connectivity index is 2.85. The largest absolute Gasteiger partial charge is 0.496 e. The number of aromatic nitrogens is 1. The van der Waals surface area contributed by atoms with Crippen molar-refractivity contribution in [2.45, 2.75) is 53.0 Å². The topological polar surface area (TPSA) is 48.1 Å². The summed E-state index contributed by atoms with van der Waals surface area (Å²) in [6.45, 7) is 8.49. The van der Waals surface area contributed by atoms with Crippen LogP contribution in [0.3, 0.4) is 0 Å². The van der Waals surface area contributed by atoms with Crippen LogP contribution in [0.2, 0.25) is 0 Å². The summed E-state index contributed by atoms with van der Waals surface area (Å²) in [4.78, 5) is 4.51. The van der Waals surface area contributed by atoms with Gasteiger partial charge in [0.2, 0.25) is 0 Å². The molecule has 3 nitrogen and oxygen atoms in total. The second kappa shape index (κ2) is 6.74. The highest BCUT2D eigenvalue weighted by atomic mass is 16.5. The zero-order chi connectivity index (χ0) is 13.7. The fourth-order valence-electron chi connectivity index (χ4n) is 2.37. The molecule has 2 atom stereocenters. The molecule has 0 aromatic carbocycles. The number of rotatable bonds is 6. The van der Waals surface area contributed by atoms with Crippen LogP contribution in [0.5, 0.6) is 5.75 Å². The molecule has 0 saturated heterocycles. The van der Waals surface area contributed by atoms with Crippen LogP contribution >= 0.6 is 0 Å². The predicted octanol–water partition coefficient (Wildman–Crippen LogP) is 3.01. The van der Waals surface area contributed by atoms with Gasteiger partial charge in [-0.2, -0.15) is 0 Å². The minimum atomic E-state index is 0.170. The number of methoxy groups -OCH3 is 1. The van der Waals surface area contributed by atoms with E-state index in [4.69, 9.17) is 10.5 Å². The van der Waals surface area contributed by atoms with E-state index in [9.17, 15) is 0 Å². The number of hydrogen-bond acceptors (Lipinski definition) is 3. The summed E-state index contributed by atoms with van der Waals surface area (Å²) in [6, 6.07) is 0.170. The van der Waals surface area contributed by atoms with Gasteiger partial charge in [0.25, 0.3) is 0 Å². The van der Waals surface area contributed by atoms with Crippen molar-refractivity contribution >= 4 is 0 Å². The Morgan fingerprint density at radius 3 is 2.61 bits per heavy atom. The minimum Gasteiger partial charge on any atom is -0.496 e. The summed E-state index contributed by atoms with van der Waals surface area (Å²) in [5, 5.41) is 0. The summed E-state index contributed by atoms with van der Waals surface area (Å²) in [5.74, 6) is 1.47. The lowest BCUT2D eigenvalue weighted by atomic mass is 9.92. The van der Waals surface area contributed by atoms with Crippen molar-refractivity contribution in [1.29, 1.82) is 0 Å². The van der Waals surface area contributed by atoms with Crippen LogP contribution in [-0.2, 0) is 6.42 Å². The first-order valence-corrected chi connectivity index (χ1v) is 6.75. The molecule has 1 aromatic heterocycles. The summed E-state index contributed by atoms with van der Waals surface area (Å²) < 4.78 is 5.43. The highest BCUT2D eigenvalue weighted by Gasteiger charge is 2.16. The molecule has 1 heterocycles. The molecule has 18 heavy (non-hydrogen) atoms. The molecule has 0 spiro atoms. The third-order valence-electron chi connectivity index (χ3n) is 3.65. The zero-order valence-electron chi connectivity index (χ0n) is 12.3. The van der Waals surface area contributed by atoms with Gasteiger partial charge in [-0.15, -0.1) is 0 Å². The van der Waals surface area contributed by atoms with Crippen LogP contribution in [0, 0.1) is 19.8 Å². The van der Waals surface area contributed by atoms with E-state index in [0.717, 1.165) is 29.0 Å². The van der Waals surface area contributed by atoms with Crippen molar-refractivity contribution in [3.8, 4) is 5.75 Å². The second-order valence-electron chi connectivity index (χ2n) is 5.18. The van der Waals surface area contributed by atoms with E-state index in [-0.39, 0.29) is 6.04 Å². The van der Waals surface area contributed by atoms with E-state index in [1.165, 1.54) is 12.8 Å². The number of nitrogens with two attached hydrogens (primary N) is 1. The van der Waals surface area contributed by atoms with Gasteiger partial charge in [-0.25, -0.2) is 0 Å². The van der Waals surface area contributed by atoms with Gasteiger partial charge in [0.05, 0.1) is 7.11 Å². The van der Waals surface area contributed by atoms with Crippen molar-refractivity contribution < 1.29 is 4.74 Å². The third-order valence-corrected chi connectivity index (χ3v) is 3.65. The Bertz CT molecular complexity index is 390. The van der Waals surface area contributed by atoms with Crippen molar-refractivity contribution in [1.82, 2.24) is 4.98 Å². The van der Waals surface area contributed by atoms with Gasteiger partial charge in [-0.1, -0.05) is 20.3 Å². The molecule has 0 amide bonds. The van der Waals surface area contributed by atoms with Gasteiger partial charge in [-0.05, 0) is 26.2 Å². The van der Waals surface area contributed by atoms with Crippen LogP contribution in [0.4, 0.5) is 0 Å². The smallest absolute Gasteiger partial charge is 0.128 e. The number of aryl methyl sites for hydroxylation is 1. The monoisotopic (exact) mass is 250 g/mol. The molecule has 3 heteroatoms. The molecule has 0 radical (unpaired) electrons. The van der Waals surface area contributed by atoms with Gasteiger partial charge in [0, 0.05) is 35.5 Å². The van der Waals surface area contributed by atoms with E-state index >= 15 is 0 Å². The Labute approximate surface area is 111 Å². The highest BCUT2D eigenvalue weighted by Crippen LogP contribution is 2.25. The Morgan fingerprint density at radius 1 is 1.39 bits per heavy atom. The van der Waals surface area contributed by atoms with E-state index < -0.39 is 0 Å². The summed E-state index contributed by atoms with van der Waals surface area (Å²) >= 11 is 0. The summed E-state index contributed by atoms with van der Waals surface area (Å²) in [7, 11) is 1.71. The molecule has 1 rings (SSSR count). The quantitative estimate of drug-likeness (QED) is 0.844. The summed E-state index contributed by atoms with van der Waals surface area (Å²) in [6.07, 6.45) is 5.05. The first-order valence-electron chi connectivity index (χ1n) is 6.75. The van der Waals surface area contributed by atoms with Crippen LogP contribution in [0.25, 0.3) is 0 Å². The van der Waals surface area contributed by atoms with Gasteiger partial charge >= 0.3 is 0 Å². The van der Waals surface area contributed by atoms with E-state index in [1.54, 1.807) is 7.11 Å². The standard InChI is InChI=1S/C15H26N2O/c1-6-7-10(2)13(16)8-14-12(4)15(18-5)11(3)9-17-14/h9-10,13H,6-8,16H2,1-5H3. The second-order valence-corrected chi connectivity index (χ2v) is 5.18. The molecule has 1 aromatic rings. The molecule has 0 aliphatic carbocycles. The van der Waals surface area contributed by atoms with Gasteiger partial charge in [0.15, 0.2) is 0 Å². The average molecular weight is 250 g/mol. The normalized spacial score (nSPS) is 14.3. The molecule has 0 aliphatic heterocycles. The average Bonchev–Trinajstić information content (AvgIpc) is 2.33. The molecular formula is C15H26N2O. The van der Waals surface area contributed by atoms with Crippen molar-refractivity contribution in [2.75, 3.05) is 7.11 Å². The van der Waals surface area contributed by atoms with Crippen LogP contribution < -0.4 is 10.5 Å². The molecule has 0 bridgehead atoms. The molecule has 102 valence electrons. The molecule has 2 unspecified atom stereocenters. The van der Waals surface area contributed by atoms with Crippen molar-refractivity contribution in [2.24, 2.45) is 11.7 Å². The third kappa shape index (κ3) is 3.45. The first kappa shape index (κ1) is 15.0. The SMILES string of the molecule is CCCC(C)C(N)Cc1ncc(C)c(OC)c1C. The number of hydrogen-bond donors (Lipinski definition) is 1. The first-order chi connectivity index (χ1) is 8.51. The lowest BCUT2D eigenvalue weighted by Crippen LogP contribution is -2.31. The number of nitrogens with zero attached hydrogens (tertiary/aromatic N) is 1. The maximum atomic E-state index is 6.25. The molecule has 0 aliphatic rings. The van der Waals surface area contributed by atoms with Gasteiger partial charge < -0.3 is 10.5 Å². The van der Waals surface area contributed by atoms with Crippen LogP contribution in [-0.4, -0.2) is 18.1 Å². The van der Waals surface area contributed by atoms with E-state index in [2.05, 4.69) is 25.8 Å². The lowest BCUT2D eigenvalue weighted by Gasteiger charge is -2.20. The van der Waals surface area contributed by atoms with E-state index in [0.29, 0.717) is 5.92 Å². The maximum absolute atomic E-state index is 6.25. The van der Waals surface area contributed by atoms with Gasteiger partial charge in [0.1, 0.15) is 5.75 Å². The van der Waals surface area contributed by atoms with Crippen LogP contribution in [0.1, 0.15) is 43.5 Å².